The molecule has 5 heteroatoms. The quantitative estimate of drug-likeness (QED) is 0.784. The predicted molar refractivity (Wildman–Crippen MR) is 87.5 cm³/mol. The zero-order valence-electron chi connectivity index (χ0n) is 12.9. The average molecular weight is 311 g/mol. The number of methoxy groups -OCH3 is 2. The van der Waals surface area contributed by atoms with E-state index >= 15 is 0 Å². The fourth-order valence-corrected chi connectivity index (χ4v) is 2.70. The molecule has 23 heavy (non-hydrogen) atoms. The highest BCUT2D eigenvalue weighted by molar-refractivity contribution is 5.94. The molecule has 0 aliphatic carbocycles. The summed E-state index contributed by atoms with van der Waals surface area (Å²) in [7, 11) is 3.18. The highest BCUT2D eigenvalue weighted by atomic mass is 16.5. The number of benzene rings is 2. The van der Waals surface area contributed by atoms with Gasteiger partial charge < -0.3 is 19.1 Å². The third-order valence-electron chi connectivity index (χ3n) is 3.78. The van der Waals surface area contributed by atoms with E-state index in [9.17, 15) is 9.90 Å². The molecule has 0 saturated carbocycles. The Hall–Kier alpha value is -2.95. The van der Waals surface area contributed by atoms with Gasteiger partial charge in [-0.05, 0) is 29.8 Å². The summed E-state index contributed by atoms with van der Waals surface area (Å²) in [5.41, 5.74) is 2.05. The Kier molecular flexibility index (Phi) is 3.93. The monoisotopic (exact) mass is 311 g/mol. The van der Waals surface area contributed by atoms with Crippen molar-refractivity contribution in [2.24, 2.45) is 0 Å². The van der Waals surface area contributed by atoms with Crippen LogP contribution in [0.4, 0.5) is 0 Å². The minimum atomic E-state index is -0.948. The standard InChI is InChI=1S/C18H17NO4/c1-22-14-7-12(8-15(10-14)23-2)11-19-16-6-4-3-5-13(16)9-17(19)18(20)21/h3-10H,11H2,1-2H3,(H,20,21). The van der Waals surface area contributed by atoms with E-state index in [4.69, 9.17) is 9.47 Å². The minimum Gasteiger partial charge on any atom is -0.497 e. The lowest BCUT2D eigenvalue weighted by Gasteiger charge is -2.12. The molecule has 1 N–H and O–H groups in total. The largest absolute Gasteiger partial charge is 0.497 e. The van der Waals surface area contributed by atoms with Crippen molar-refractivity contribution < 1.29 is 19.4 Å². The first-order chi connectivity index (χ1) is 11.1. The first kappa shape index (κ1) is 15.0. The number of hydrogen-bond acceptors (Lipinski definition) is 3. The summed E-state index contributed by atoms with van der Waals surface area (Å²) in [6.45, 7) is 0.419. The maximum atomic E-state index is 11.6. The Morgan fingerprint density at radius 3 is 2.30 bits per heavy atom. The van der Waals surface area contributed by atoms with Gasteiger partial charge in [0.25, 0.3) is 0 Å². The lowest BCUT2D eigenvalue weighted by molar-refractivity contribution is 0.0686. The van der Waals surface area contributed by atoms with Gasteiger partial charge in [0.1, 0.15) is 17.2 Å². The Bertz CT molecular complexity index is 844. The van der Waals surface area contributed by atoms with E-state index in [0.717, 1.165) is 16.5 Å². The van der Waals surface area contributed by atoms with Gasteiger partial charge >= 0.3 is 5.97 Å². The van der Waals surface area contributed by atoms with Crippen molar-refractivity contribution in [1.82, 2.24) is 4.57 Å². The summed E-state index contributed by atoms with van der Waals surface area (Å²) in [6.07, 6.45) is 0. The number of nitrogens with zero attached hydrogens (tertiary/aromatic N) is 1. The van der Waals surface area contributed by atoms with Crippen molar-refractivity contribution in [2.45, 2.75) is 6.54 Å². The summed E-state index contributed by atoms with van der Waals surface area (Å²) in [5, 5.41) is 10.4. The van der Waals surface area contributed by atoms with Gasteiger partial charge in [-0.15, -0.1) is 0 Å². The Morgan fingerprint density at radius 2 is 1.70 bits per heavy atom. The van der Waals surface area contributed by atoms with Gasteiger partial charge in [0.2, 0.25) is 0 Å². The van der Waals surface area contributed by atoms with Crippen LogP contribution in [0.15, 0.2) is 48.5 Å². The Balaban J connectivity index is 2.11. The van der Waals surface area contributed by atoms with Crippen LogP contribution in [-0.4, -0.2) is 29.9 Å². The van der Waals surface area contributed by atoms with E-state index in [1.807, 2.05) is 36.4 Å². The Morgan fingerprint density at radius 1 is 1.04 bits per heavy atom. The molecule has 3 aromatic rings. The summed E-state index contributed by atoms with van der Waals surface area (Å²) in [4.78, 5) is 11.6. The van der Waals surface area contributed by atoms with E-state index in [1.165, 1.54) is 0 Å². The number of carboxylic acids is 1. The van der Waals surface area contributed by atoms with Gasteiger partial charge in [-0.2, -0.15) is 0 Å². The molecule has 0 fully saturated rings. The molecule has 0 atom stereocenters. The summed E-state index contributed by atoms with van der Waals surface area (Å²) < 4.78 is 12.3. The first-order valence-electron chi connectivity index (χ1n) is 7.16. The number of rotatable bonds is 5. The van der Waals surface area contributed by atoms with Gasteiger partial charge in [-0.25, -0.2) is 4.79 Å². The van der Waals surface area contributed by atoms with E-state index in [1.54, 1.807) is 30.9 Å². The second-order valence-electron chi connectivity index (χ2n) is 5.20. The zero-order valence-corrected chi connectivity index (χ0v) is 12.9. The molecule has 0 aliphatic rings. The number of para-hydroxylation sites is 1. The fraction of sp³-hybridized carbons (Fsp3) is 0.167. The number of carboxylic acid groups (broad SMARTS) is 1. The van der Waals surface area contributed by atoms with Crippen LogP contribution in [0.2, 0.25) is 0 Å². The van der Waals surface area contributed by atoms with E-state index in [2.05, 4.69) is 0 Å². The van der Waals surface area contributed by atoms with Crippen LogP contribution >= 0.6 is 0 Å². The molecule has 0 unspecified atom stereocenters. The van der Waals surface area contributed by atoms with Gasteiger partial charge in [0.05, 0.1) is 14.2 Å². The van der Waals surface area contributed by atoms with Gasteiger partial charge in [-0.1, -0.05) is 18.2 Å². The summed E-state index contributed by atoms with van der Waals surface area (Å²) in [5.74, 6) is 0.399. The average Bonchev–Trinajstić information content (AvgIpc) is 2.93. The smallest absolute Gasteiger partial charge is 0.352 e. The number of aromatic carboxylic acids is 1. The molecular formula is C18H17NO4. The summed E-state index contributed by atoms with van der Waals surface area (Å²) >= 11 is 0. The van der Waals surface area contributed by atoms with Gasteiger partial charge in [0.15, 0.2) is 0 Å². The SMILES string of the molecule is COc1cc(Cn2c(C(=O)O)cc3ccccc32)cc(OC)c1. The molecule has 0 aliphatic heterocycles. The van der Waals surface area contributed by atoms with Crippen LogP contribution in [0.25, 0.3) is 10.9 Å². The van der Waals surface area contributed by atoms with Crippen LogP contribution in [-0.2, 0) is 6.54 Å². The minimum absolute atomic E-state index is 0.257. The number of hydrogen-bond donors (Lipinski definition) is 1. The molecule has 2 aromatic carbocycles. The predicted octanol–water partition coefficient (Wildman–Crippen LogP) is 3.41. The van der Waals surface area contributed by atoms with Crippen LogP contribution in [0, 0.1) is 0 Å². The molecule has 0 bridgehead atoms. The maximum Gasteiger partial charge on any atom is 0.352 e. The summed E-state index contributed by atoms with van der Waals surface area (Å²) in [6, 6.07) is 14.9. The molecule has 0 saturated heterocycles. The van der Waals surface area contributed by atoms with Crippen molar-refractivity contribution in [3.8, 4) is 11.5 Å². The molecule has 0 spiro atoms. The zero-order chi connectivity index (χ0) is 16.4. The van der Waals surface area contributed by atoms with Crippen molar-refractivity contribution in [3.63, 3.8) is 0 Å². The third-order valence-corrected chi connectivity index (χ3v) is 3.78. The van der Waals surface area contributed by atoms with E-state index in [-0.39, 0.29) is 5.69 Å². The molecule has 3 rings (SSSR count). The first-order valence-corrected chi connectivity index (χ1v) is 7.16. The highest BCUT2D eigenvalue weighted by Gasteiger charge is 2.15. The van der Waals surface area contributed by atoms with Crippen LogP contribution in [0.5, 0.6) is 11.5 Å². The van der Waals surface area contributed by atoms with Gasteiger partial charge in [-0.3, -0.25) is 0 Å². The normalized spacial score (nSPS) is 10.7. The Labute approximate surface area is 133 Å². The second-order valence-corrected chi connectivity index (χ2v) is 5.20. The molecule has 1 heterocycles. The van der Waals surface area contributed by atoms with Crippen molar-refractivity contribution in [3.05, 3.63) is 59.8 Å². The molecule has 5 nitrogen and oxygen atoms in total. The number of ether oxygens (including phenoxy) is 2. The van der Waals surface area contributed by atoms with Crippen molar-refractivity contribution in [1.29, 1.82) is 0 Å². The molecule has 0 amide bonds. The molecule has 1 aromatic heterocycles. The number of aromatic nitrogens is 1. The number of carbonyl (C=O) groups is 1. The fourth-order valence-electron chi connectivity index (χ4n) is 2.70. The topological polar surface area (TPSA) is 60.7 Å². The lowest BCUT2D eigenvalue weighted by Crippen LogP contribution is -2.09. The maximum absolute atomic E-state index is 11.6. The second kappa shape index (κ2) is 6.04. The van der Waals surface area contributed by atoms with E-state index in [0.29, 0.717) is 18.0 Å². The van der Waals surface area contributed by atoms with Crippen molar-refractivity contribution in [2.75, 3.05) is 14.2 Å². The molecule has 0 radical (unpaired) electrons. The number of fused-ring (bicyclic) bond motifs is 1. The van der Waals surface area contributed by atoms with Crippen molar-refractivity contribution >= 4 is 16.9 Å². The van der Waals surface area contributed by atoms with Crippen LogP contribution in [0.3, 0.4) is 0 Å². The highest BCUT2D eigenvalue weighted by Crippen LogP contribution is 2.26. The van der Waals surface area contributed by atoms with Gasteiger partial charge in [0, 0.05) is 23.5 Å². The van der Waals surface area contributed by atoms with Crippen LogP contribution < -0.4 is 9.47 Å². The lowest BCUT2D eigenvalue weighted by atomic mass is 10.2. The molecular weight excluding hydrogens is 294 g/mol. The van der Waals surface area contributed by atoms with E-state index < -0.39 is 5.97 Å². The third kappa shape index (κ3) is 2.85. The van der Waals surface area contributed by atoms with Crippen LogP contribution in [0.1, 0.15) is 16.1 Å². The molecule has 118 valence electrons.